The maximum Gasteiger partial charge on any atom is 0.191 e. The van der Waals surface area contributed by atoms with Crippen LogP contribution in [0.25, 0.3) is 0 Å². The molecule has 0 aromatic carbocycles. The number of halogens is 1. The summed E-state index contributed by atoms with van der Waals surface area (Å²) in [4.78, 5) is 11.6. The second-order valence-corrected chi connectivity index (χ2v) is 6.57. The average molecular weight is 467 g/mol. The van der Waals surface area contributed by atoms with E-state index in [0.29, 0.717) is 0 Å². The Morgan fingerprint density at radius 1 is 1.38 bits per heavy atom. The number of aryl methyl sites for hydroxylation is 2. The van der Waals surface area contributed by atoms with Crippen molar-refractivity contribution in [3.8, 4) is 0 Å². The Hall–Kier alpha value is -0.450. The molecule has 1 aromatic heterocycles. The summed E-state index contributed by atoms with van der Waals surface area (Å²) in [5, 5.41) is 10.0. The highest BCUT2D eigenvalue weighted by Crippen LogP contribution is 2.10. The predicted molar refractivity (Wildman–Crippen MR) is 112 cm³/mol. The van der Waals surface area contributed by atoms with Gasteiger partial charge in [0.1, 0.15) is 0 Å². The van der Waals surface area contributed by atoms with Crippen molar-refractivity contribution in [1.29, 1.82) is 0 Å². The van der Waals surface area contributed by atoms with E-state index in [4.69, 9.17) is 4.74 Å². The first-order chi connectivity index (χ1) is 11.3. The van der Waals surface area contributed by atoms with E-state index in [0.717, 1.165) is 77.0 Å². The normalized spacial score (nSPS) is 15.8. The zero-order chi connectivity index (χ0) is 16.3. The lowest BCUT2D eigenvalue weighted by Gasteiger charge is -2.26. The molecular formula is C16H30IN5OS. The number of hydrogen-bond donors (Lipinski definition) is 2. The van der Waals surface area contributed by atoms with E-state index in [9.17, 15) is 0 Å². The number of nitrogens with one attached hydrogen (secondary N) is 2. The number of aromatic nitrogens is 1. The smallest absolute Gasteiger partial charge is 0.191 e. The largest absolute Gasteiger partial charge is 0.379 e. The first kappa shape index (κ1) is 21.6. The Kier molecular flexibility index (Phi) is 11.6. The van der Waals surface area contributed by atoms with Gasteiger partial charge in [-0.15, -0.1) is 35.3 Å². The van der Waals surface area contributed by atoms with Crippen LogP contribution in [0.2, 0.25) is 0 Å². The summed E-state index contributed by atoms with van der Waals surface area (Å²) in [7, 11) is 0. The van der Waals surface area contributed by atoms with Crippen LogP contribution in [0.4, 0.5) is 0 Å². The molecule has 0 radical (unpaired) electrons. The lowest BCUT2D eigenvalue weighted by atomic mass is 10.3. The molecule has 0 spiro atoms. The molecule has 2 heterocycles. The molecule has 2 rings (SSSR count). The summed E-state index contributed by atoms with van der Waals surface area (Å²) in [6.07, 6.45) is 2.04. The number of hydrogen-bond acceptors (Lipinski definition) is 5. The van der Waals surface area contributed by atoms with Crippen molar-refractivity contribution in [1.82, 2.24) is 20.5 Å². The van der Waals surface area contributed by atoms with Crippen molar-refractivity contribution >= 4 is 41.3 Å². The fourth-order valence-corrected chi connectivity index (χ4v) is 3.26. The van der Waals surface area contributed by atoms with Crippen molar-refractivity contribution < 1.29 is 4.74 Å². The van der Waals surface area contributed by atoms with Crippen molar-refractivity contribution in [3.63, 3.8) is 0 Å². The molecule has 0 amide bonds. The van der Waals surface area contributed by atoms with Gasteiger partial charge in [-0.25, -0.2) is 4.98 Å². The molecular weight excluding hydrogens is 437 g/mol. The van der Waals surface area contributed by atoms with Gasteiger partial charge in [-0.3, -0.25) is 9.89 Å². The highest BCUT2D eigenvalue weighted by molar-refractivity contribution is 14.0. The number of ether oxygens (including phenoxy) is 1. The van der Waals surface area contributed by atoms with Crippen LogP contribution in [0.3, 0.4) is 0 Å². The molecule has 1 aliphatic rings. The average Bonchev–Trinajstić information content (AvgIpc) is 2.98. The summed E-state index contributed by atoms with van der Waals surface area (Å²) < 4.78 is 5.37. The molecule has 2 N–H and O–H groups in total. The molecule has 1 fully saturated rings. The van der Waals surface area contributed by atoms with Gasteiger partial charge >= 0.3 is 0 Å². The maximum atomic E-state index is 5.37. The molecule has 138 valence electrons. The number of morpholine rings is 1. The van der Waals surface area contributed by atoms with Crippen molar-refractivity contribution in [3.05, 3.63) is 16.1 Å². The van der Waals surface area contributed by atoms with Crippen LogP contribution in [-0.4, -0.2) is 68.3 Å². The van der Waals surface area contributed by atoms with E-state index in [1.54, 1.807) is 11.3 Å². The van der Waals surface area contributed by atoms with Crippen molar-refractivity contribution in [2.45, 2.75) is 26.7 Å². The van der Waals surface area contributed by atoms with Crippen LogP contribution in [-0.2, 0) is 11.2 Å². The second-order valence-electron chi connectivity index (χ2n) is 5.63. The van der Waals surface area contributed by atoms with Gasteiger partial charge in [-0.05, 0) is 20.3 Å². The van der Waals surface area contributed by atoms with Crippen LogP contribution < -0.4 is 10.6 Å². The zero-order valence-electron chi connectivity index (χ0n) is 14.7. The molecule has 0 bridgehead atoms. The van der Waals surface area contributed by atoms with Gasteiger partial charge in [0.2, 0.25) is 0 Å². The number of nitrogens with zero attached hydrogens (tertiary/aromatic N) is 3. The summed E-state index contributed by atoms with van der Waals surface area (Å²) in [6.45, 7) is 11.6. The quantitative estimate of drug-likeness (QED) is 0.265. The highest BCUT2D eigenvalue weighted by atomic mass is 127. The summed E-state index contributed by atoms with van der Waals surface area (Å²) in [5.41, 5.74) is 1.12. The molecule has 1 aliphatic heterocycles. The molecule has 24 heavy (non-hydrogen) atoms. The van der Waals surface area contributed by atoms with Gasteiger partial charge in [0.25, 0.3) is 0 Å². The molecule has 8 heteroatoms. The number of rotatable bonds is 8. The Morgan fingerprint density at radius 2 is 2.17 bits per heavy atom. The molecule has 0 unspecified atom stereocenters. The van der Waals surface area contributed by atoms with E-state index < -0.39 is 0 Å². The third-order valence-electron chi connectivity index (χ3n) is 3.65. The first-order valence-corrected chi connectivity index (χ1v) is 9.39. The first-order valence-electron chi connectivity index (χ1n) is 8.51. The predicted octanol–water partition coefficient (Wildman–Crippen LogP) is 1.89. The van der Waals surface area contributed by atoms with Crippen LogP contribution >= 0.6 is 35.3 Å². The fourth-order valence-electron chi connectivity index (χ4n) is 2.44. The van der Waals surface area contributed by atoms with E-state index in [2.05, 4.69) is 37.8 Å². The van der Waals surface area contributed by atoms with Crippen molar-refractivity contribution in [2.75, 3.05) is 52.5 Å². The SMILES string of the molecule is CCNC(=NCCCc1nc(C)cs1)NCCN1CCOCC1.I. The minimum absolute atomic E-state index is 0. The summed E-state index contributed by atoms with van der Waals surface area (Å²) in [5.74, 6) is 0.913. The monoisotopic (exact) mass is 467 g/mol. The van der Waals surface area contributed by atoms with Gasteiger partial charge in [-0.1, -0.05) is 0 Å². The van der Waals surface area contributed by atoms with E-state index in [1.165, 1.54) is 5.01 Å². The van der Waals surface area contributed by atoms with Gasteiger partial charge in [0.15, 0.2) is 5.96 Å². The Bertz CT molecular complexity index is 477. The molecule has 0 saturated carbocycles. The van der Waals surface area contributed by atoms with Crippen LogP contribution in [0.1, 0.15) is 24.0 Å². The third-order valence-corrected chi connectivity index (χ3v) is 4.68. The summed E-state index contributed by atoms with van der Waals surface area (Å²) >= 11 is 1.74. The number of guanidine groups is 1. The molecule has 6 nitrogen and oxygen atoms in total. The standard InChI is InChI=1S/C16H29N5OS.HI/c1-3-17-16(19-7-8-21-9-11-22-12-10-21)18-6-4-5-15-20-14(2)13-23-15;/h13H,3-12H2,1-2H3,(H2,17,18,19);1H. The van der Waals surface area contributed by atoms with Crippen LogP contribution in [0, 0.1) is 6.92 Å². The lowest BCUT2D eigenvalue weighted by Crippen LogP contribution is -2.44. The third kappa shape index (κ3) is 8.59. The molecule has 0 aliphatic carbocycles. The number of thiazole rings is 1. The summed E-state index contributed by atoms with van der Waals surface area (Å²) in [6, 6.07) is 0. The minimum atomic E-state index is 0. The fraction of sp³-hybridized carbons (Fsp3) is 0.750. The van der Waals surface area contributed by atoms with E-state index >= 15 is 0 Å². The van der Waals surface area contributed by atoms with Crippen molar-refractivity contribution in [2.24, 2.45) is 4.99 Å². The second kappa shape index (κ2) is 12.8. The lowest BCUT2D eigenvalue weighted by molar-refractivity contribution is 0.0389. The van der Waals surface area contributed by atoms with E-state index in [-0.39, 0.29) is 24.0 Å². The van der Waals surface area contributed by atoms with Gasteiger partial charge in [-0.2, -0.15) is 0 Å². The Morgan fingerprint density at radius 3 is 2.83 bits per heavy atom. The van der Waals surface area contributed by atoms with Gasteiger partial charge in [0, 0.05) is 56.8 Å². The molecule has 1 aromatic rings. The van der Waals surface area contributed by atoms with Gasteiger partial charge in [0.05, 0.1) is 18.2 Å². The van der Waals surface area contributed by atoms with Crippen LogP contribution in [0.15, 0.2) is 10.4 Å². The Labute approximate surface area is 166 Å². The zero-order valence-corrected chi connectivity index (χ0v) is 17.9. The minimum Gasteiger partial charge on any atom is -0.379 e. The Balaban J connectivity index is 0.00000288. The molecule has 0 atom stereocenters. The molecule has 1 saturated heterocycles. The maximum absolute atomic E-state index is 5.37. The highest BCUT2D eigenvalue weighted by Gasteiger charge is 2.09. The van der Waals surface area contributed by atoms with Crippen LogP contribution in [0.5, 0.6) is 0 Å². The van der Waals surface area contributed by atoms with E-state index in [1.807, 2.05) is 6.92 Å². The topological polar surface area (TPSA) is 61.8 Å². The number of aliphatic imine (C=N–C) groups is 1. The van der Waals surface area contributed by atoms with Gasteiger partial charge < -0.3 is 15.4 Å².